The van der Waals surface area contributed by atoms with Gasteiger partial charge in [0.25, 0.3) is 0 Å². The van der Waals surface area contributed by atoms with Gasteiger partial charge in [-0.05, 0) is 12.3 Å². The number of thioether (sulfide) groups is 1. The molecule has 2 atom stereocenters. The van der Waals surface area contributed by atoms with E-state index in [9.17, 15) is 4.21 Å². The minimum atomic E-state index is -0.518. The maximum atomic E-state index is 11.2. The molecule has 0 aromatic heterocycles. The maximum absolute atomic E-state index is 11.2. The van der Waals surface area contributed by atoms with Crippen molar-refractivity contribution in [1.29, 1.82) is 0 Å². The normalized spacial score (nSPS) is 33.5. The van der Waals surface area contributed by atoms with Crippen molar-refractivity contribution in [3.63, 3.8) is 0 Å². The van der Waals surface area contributed by atoms with Gasteiger partial charge in [-0.15, -0.1) is 11.8 Å². The molecule has 3 heteroatoms. The van der Waals surface area contributed by atoms with Crippen molar-refractivity contribution in [2.45, 2.75) is 24.9 Å². The van der Waals surface area contributed by atoms with Crippen molar-refractivity contribution in [3.05, 3.63) is 0 Å². The Bertz CT molecular complexity index is 134. The maximum Gasteiger partial charge on any atom is 0.0804 e. The standard InChI is InChI=1S/C7H14OS2/c1-6(2)5-7-9-3-4-10(7)8/h6-7H,3-5H2,1-2H3. The van der Waals surface area contributed by atoms with Crippen LogP contribution in [-0.4, -0.2) is 20.3 Å². The lowest BCUT2D eigenvalue weighted by Crippen LogP contribution is -2.08. The quantitative estimate of drug-likeness (QED) is 0.642. The van der Waals surface area contributed by atoms with E-state index < -0.39 is 10.8 Å². The molecule has 60 valence electrons. The molecule has 0 bridgehead atoms. The van der Waals surface area contributed by atoms with E-state index in [0.29, 0.717) is 10.5 Å². The van der Waals surface area contributed by atoms with Gasteiger partial charge < -0.3 is 0 Å². The van der Waals surface area contributed by atoms with E-state index in [4.69, 9.17) is 0 Å². The smallest absolute Gasteiger partial charge is 0.0804 e. The Hall–Kier alpha value is 0.500. The number of rotatable bonds is 2. The third kappa shape index (κ3) is 2.27. The van der Waals surface area contributed by atoms with Gasteiger partial charge in [0.15, 0.2) is 0 Å². The summed E-state index contributed by atoms with van der Waals surface area (Å²) in [5, 5.41) is 0. The van der Waals surface area contributed by atoms with Crippen molar-refractivity contribution in [2.24, 2.45) is 5.92 Å². The first-order valence-corrected chi connectivity index (χ1v) is 6.12. The molecule has 1 fully saturated rings. The van der Waals surface area contributed by atoms with E-state index in [1.807, 2.05) is 11.8 Å². The number of hydrogen-bond acceptors (Lipinski definition) is 2. The zero-order valence-electron chi connectivity index (χ0n) is 6.50. The monoisotopic (exact) mass is 178 g/mol. The first-order chi connectivity index (χ1) is 4.70. The van der Waals surface area contributed by atoms with E-state index in [2.05, 4.69) is 13.8 Å². The zero-order valence-corrected chi connectivity index (χ0v) is 8.13. The van der Waals surface area contributed by atoms with E-state index in [1.165, 1.54) is 0 Å². The highest BCUT2D eigenvalue weighted by molar-refractivity contribution is 8.14. The van der Waals surface area contributed by atoms with Gasteiger partial charge in [-0.1, -0.05) is 13.8 Å². The summed E-state index contributed by atoms with van der Waals surface area (Å²) in [6, 6.07) is 0. The molecule has 1 nitrogen and oxygen atoms in total. The fraction of sp³-hybridized carbons (Fsp3) is 1.00. The Kier molecular flexibility index (Phi) is 3.24. The summed E-state index contributed by atoms with van der Waals surface area (Å²) in [6.07, 6.45) is 1.12. The van der Waals surface area contributed by atoms with Crippen LogP contribution in [0.25, 0.3) is 0 Å². The van der Waals surface area contributed by atoms with Crippen LogP contribution in [0.4, 0.5) is 0 Å². The van der Waals surface area contributed by atoms with Gasteiger partial charge >= 0.3 is 0 Å². The van der Waals surface area contributed by atoms with Crippen LogP contribution in [0, 0.1) is 5.92 Å². The fourth-order valence-corrected chi connectivity index (χ4v) is 4.90. The van der Waals surface area contributed by atoms with Gasteiger partial charge in [-0.3, -0.25) is 4.21 Å². The molecule has 1 heterocycles. The van der Waals surface area contributed by atoms with Crippen molar-refractivity contribution in [2.75, 3.05) is 11.5 Å². The lowest BCUT2D eigenvalue weighted by atomic mass is 10.2. The highest BCUT2D eigenvalue weighted by Gasteiger charge is 2.23. The molecule has 0 aromatic rings. The van der Waals surface area contributed by atoms with E-state index in [1.54, 1.807) is 0 Å². The van der Waals surface area contributed by atoms with E-state index in [0.717, 1.165) is 17.9 Å². The average Bonchev–Trinajstić information content (AvgIpc) is 2.15. The van der Waals surface area contributed by atoms with Crippen LogP contribution in [0.2, 0.25) is 0 Å². The lowest BCUT2D eigenvalue weighted by Gasteiger charge is -2.09. The zero-order chi connectivity index (χ0) is 7.56. The third-order valence-electron chi connectivity index (χ3n) is 1.55. The first-order valence-electron chi connectivity index (χ1n) is 3.69. The average molecular weight is 178 g/mol. The molecule has 1 aliphatic rings. The summed E-state index contributed by atoms with van der Waals surface area (Å²) in [5.41, 5.74) is 0. The second-order valence-electron chi connectivity index (χ2n) is 3.01. The van der Waals surface area contributed by atoms with Crippen LogP contribution in [0.15, 0.2) is 0 Å². The molecule has 0 amide bonds. The van der Waals surface area contributed by atoms with E-state index >= 15 is 0 Å². The Morgan fingerprint density at radius 1 is 1.70 bits per heavy atom. The van der Waals surface area contributed by atoms with Crippen LogP contribution in [0.1, 0.15) is 20.3 Å². The predicted molar refractivity (Wildman–Crippen MR) is 48.7 cm³/mol. The second kappa shape index (κ2) is 3.77. The summed E-state index contributed by atoms with van der Waals surface area (Å²) >= 11 is 1.88. The highest BCUT2D eigenvalue weighted by atomic mass is 32.2. The molecule has 2 unspecified atom stereocenters. The van der Waals surface area contributed by atoms with E-state index in [-0.39, 0.29) is 0 Å². The van der Waals surface area contributed by atoms with Crippen LogP contribution in [0.5, 0.6) is 0 Å². The van der Waals surface area contributed by atoms with Crippen molar-refractivity contribution >= 4 is 22.6 Å². The minimum Gasteiger partial charge on any atom is -0.258 e. The molecule has 1 saturated heterocycles. The Morgan fingerprint density at radius 2 is 2.40 bits per heavy atom. The molecule has 1 rings (SSSR count). The molecule has 0 N–H and O–H groups in total. The van der Waals surface area contributed by atoms with Gasteiger partial charge in [0.2, 0.25) is 0 Å². The van der Waals surface area contributed by atoms with Gasteiger partial charge in [0, 0.05) is 22.3 Å². The Morgan fingerprint density at radius 3 is 2.80 bits per heavy atom. The van der Waals surface area contributed by atoms with Crippen LogP contribution in [-0.2, 0) is 10.8 Å². The topological polar surface area (TPSA) is 17.1 Å². The molecule has 0 spiro atoms. The molecule has 0 saturated carbocycles. The van der Waals surface area contributed by atoms with Gasteiger partial charge in [0.1, 0.15) is 0 Å². The molecule has 0 radical (unpaired) electrons. The number of hydrogen-bond donors (Lipinski definition) is 0. The van der Waals surface area contributed by atoms with Crippen molar-refractivity contribution < 1.29 is 4.21 Å². The highest BCUT2D eigenvalue weighted by Crippen LogP contribution is 2.28. The second-order valence-corrected chi connectivity index (χ2v) is 6.36. The van der Waals surface area contributed by atoms with Crippen molar-refractivity contribution in [1.82, 2.24) is 0 Å². The molecule has 1 aliphatic heterocycles. The fourth-order valence-electron chi connectivity index (χ4n) is 1.03. The lowest BCUT2D eigenvalue weighted by molar-refractivity contribution is 0.609. The Labute approximate surface area is 69.4 Å². The predicted octanol–water partition coefficient (Wildman–Crippen LogP) is 1.85. The largest absolute Gasteiger partial charge is 0.258 e. The molecular weight excluding hydrogens is 164 g/mol. The van der Waals surface area contributed by atoms with Crippen LogP contribution >= 0.6 is 11.8 Å². The molecule has 0 aromatic carbocycles. The Balaban J connectivity index is 2.33. The summed E-state index contributed by atoms with van der Waals surface area (Å²) in [5.74, 6) is 2.71. The van der Waals surface area contributed by atoms with Gasteiger partial charge in [-0.2, -0.15) is 0 Å². The first kappa shape index (κ1) is 8.60. The summed E-state index contributed by atoms with van der Waals surface area (Å²) in [7, 11) is -0.518. The van der Waals surface area contributed by atoms with Crippen LogP contribution in [0.3, 0.4) is 0 Å². The van der Waals surface area contributed by atoms with Gasteiger partial charge in [-0.25, -0.2) is 0 Å². The molecule has 10 heavy (non-hydrogen) atoms. The summed E-state index contributed by atoms with van der Waals surface area (Å²) in [4.78, 5) is 0. The summed E-state index contributed by atoms with van der Waals surface area (Å²) < 4.78 is 11.6. The molecular formula is C7H14OS2. The van der Waals surface area contributed by atoms with Gasteiger partial charge in [0.05, 0.1) is 4.58 Å². The third-order valence-corrected chi connectivity index (χ3v) is 5.25. The summed E-state index contributed by atoms with van der Waals surface area (Å²) in [6.45, 7) is 4.38. The SMILES string of the molecule is CC(C)CC1SCCS1=O. The van der Waals surface area contributed by atoms with Crippen molar-refractivity contribution in [3.8, 4) is 0 Å². The van der Waals surface area contributed by atoms with Crippen LogP contribution < -0.4 is 0 Å². The molecule has 0 aliphatic carbocycles. The minimum absolute atomic E-state index is 0.444.